The van der Waals surface area contributed by atoms with Crippen LogP contribution in [-0.4, -0.2) is 26.7 Å². The lowest BCUT2D eigenvalue weighted by Crippen LogP contribution is -2.32. The van der Waals surface area contributed by atoms with Crippen LogP contribution in [0, 0.1) is 10.1 Å². The Morgan fingerprint density at radius 2 is 2.17 bits per heavy atom. The molecule has 1 N–H and O–H groups in total. The van der Waals surface area contributed by atoms with Gasteiger partial charge in [0.05, 0.1) is 4.92 Å². The summed E-state index contributed by atoms with van der Waals surface area (Å²) in [4.78, 5) is 22.5. The molecule has 0 radical (unpaired) electrons. The minimum atomic E-state index is -0.526. The molecule has 1 aromatic heterocycles. The van der Waals surface area contributed by atoms with Crippen LogP contribution in [0.5, 0.6) is 11.6 Å². The van der Waals surface area contributed by atoms with E-state index in [0.717, 1.165) is 6.42 Å². The highest BCUT2D eigenvalue weighted by Gasteiger charge is 2.19. The van der Waals surface area contributed by atoms with Crippen LogP contribution in [0.2, 0.25) is 0 Å². The second-order valence-corrected chi connectivity index (χ2v) is 5.10. The third-order valence-electron chi connectivity index (χ3n) is 3.34. The van der Waals surface area contributed by atoms with Crippen molar-refractivity contribution >= 4 is 11.6 Å². The van der Waals surface area contributed by atoms with Gasteiger partial charge in [-0.25, -0.2) is 4.68 Å². The van der Waals surface area contributed by atoms with E-state index in [1.165, 1.54) is 22.9 Å². The van der Waals surface area contributed by atoms with Crippen LogP contribution in [0.3, 0.4) is 0 Å². The molecule has 8 nitrogen and oxygen atoms in total. The zero-order valence-electron chi connectivity index (χ0n) is 13.1. The molecule has 8 heteroatoms. The summed E-state index contributed by atoms with van der Waals surface area (Å²) in [5.41, 5.74) is 0.0423. The normalized spacial score (nSPS) is 11.8. The minimum Gasteiger partial charge on any atom is -0.432 e. The number of carbonyl (C=O) groups excluding carboxylic acids is 1. The molecular formula is C15H18N4O4. The van der Waals surface area contributed by atoms with E-state index in [9.17, 15) is 14.9 Å². The summed E-state index contributed by atoms with van der Waals surface area (Å²) >= 11 is 0. The van der Waals surface area contributed by atoms with Crippen LogP contribution in [0.4, 0.5) is 5.69 Å². The largest absolute Gasteiger partial charge is 0.432 e. The van der Waals surface area contributed by atoms with Crippen LogP contribution in [0.15, 0.2) is 30.3 Å². The quantitative estimate of drug-likeness (QED) is 0.652. The fourth-order valence-corrected chi connectivity index (χ4v) is 1.86. The van der Waals surface area contributed by atoms with Crippen molar-refractivity contribution in [1.82, 2.24) is 15.1 Å². The topological polar surface area (TPSA) is 99.3 Å². The van der Waals surface area contributed by atoms with E-state index >= 15 is 0 Å². The van der Waals surface area contributed by atoms with E-state index in [2.05, 4.69) is 10.4 Å². The van der Waals surface area contributed by atoms with Gasteiger partial charge in [0.25, 0.3) is 5.91 Å². The standard InChI is InChI=1S/C15H18N4O4/c1-4-10(2)16-15(20)11-9-14(18(3)17-11)23-13-8-6-5-7-12(13)19(21)22/h5-10H,4H2,1-3H3,(H,16,20)/t10-/m0/s1. The number of benzene rings is 1. The molecule has 0 unspecified atom stereocenters. The SMILES string of the molecule is CC[C@H](C)NC(=O)c1cc(Oc2ccccc2[N+](=O)[O-])n(C)n1. The molecule has 1 atom stereocenters. The minimum absolute atomic E-state index is 0.0316. The summed E-state index contributed by atoms with van der Waals surface area (Å²) in [6, 6.07) is 7.51. The Kier molecular flexibility index (Phi) is 4.95. The van der Waals surface area contributed by atoms with Crippen molar-refractivity contribution in [2.45, 2.75) is 26.3 Å². The lowest BCUT2D eigenvalue weighted by molar-refractivity contribution is -0.385. The third kappa shape index (κ3) is 3.85. The zero-order valence-corrected chi connectivity index (χ0v) is 13.1. The molecule has 0 aliphatic heterocycles. The molecule has 0 aliphatic carbocycles. The van der Waals surface area contributed by atoms with Gasteiger partial charge < -0.3 is 10.1 Å². The predicted molar refractivity (Wildman–Crippen MR) is 83.6 cm³/mol. The molecule has 122 valence electrons. The van der Waals surface area contributed by atoms with Gasteiger partial charge in [-0.2, -0.15) is 5.10 Å². The Morgan fingerprint density at radius 1 is 1.48 bits per heavy atom. The lowest BCUT2D eigenvalue weighted by Gasteiger charge is -2.08. The summed E-state index contributed by atoms with van der Waals surface area (Å²) < 4.78 is 6.91. The molecule has 0 bridgehead atoms. The van der Waals surface area contributed by atoms with Crippen LogP contribution < -0.4 is 10.1 Å². The smallest absolute Gasteiger partial charge is 0.311 e. The molecule has 23 heavy (non-hydrogen) atoms. The summed E-state index contributed by atoms with van der Waals surface area (Å²) in [5.74, 6) is 0.0235. The van der Waals surface area contributed by atoms with Gasteiger partial charge in [0.2, 0.25) is 11.6 Å². The first-order valence-electron chi connectivity index (χ1n) is 7.18. The Bertz CT molecular complexity index is 726. The van der Waals surface area contributed by atoms with Crippen LogP contribution in [0.1, 0.15) is 30.8 Å². The molecule has 0 saturated heterocycles. The van der Waals surface area contributed by atoms with Crippen molar-refractivity contribution in [2.75, 3.05) is 0 Å². The van der Waals surface area contributed by atoms with E-state index in [4.69, 9.17) is 4.74 Å². The van der Waals surface area contributed by atoms with Crippen molar-refractivity contribution in [3.8, 4) is 11.6 Å². The highest BCUT2D eigenvalue weighted by atomic mass is 16.6. The van der Waals surface area contributed by atoms with Crippen molar-refractivity contribution in [3.05, 3.63) is 46.1 Å². The van der Waals surface area contributed by atoms with E-state index in [1.54, 1.807) is 19.2 Å². The maximum Gasteiger partial charge on any atom is 0.311 e. The molecule has 2 aromatic rings. The van der Waals surface area contributed by atoms with Gasteiger partial charge in [0.15, 0.2) is 5.69 Å². The van der Waals surface area contributed by atoms with Gasteiger partial charge in [-0.15, -0.1) is 0 Å². The Morgan fingerprint density at radius 3 is 2.83 bits per heavy atom. The molecule has 0 spiro atoms. The van der Waals surface area contributed by atoms with Crippen molar-refractivity contribution < 1.29 is 14.5 Å². The number of ether oxygens (including phenoxy) is 1. The van der Waals surface area contributed by atoms with E-state index in [1.807, 2.05) is 13.8 Å². The number of aromatic nitrogens is 2. The van der Waals surface area contributed by atoms with Gasteiger partial charge in [0, 0.05) is 25.2 Å². The number of hydrogen-bond acceptors (Lipinski definition) is 5. The summed E-state index contributed by atoms with van der Waals surface area (Å²) in [6.45, 7) is 3.86. The summed E-state index contributed by atoms with van der Waals surface area (Å²) in [6.07, 6.45) is 0.804. The number of aryl methyl sites for hydroxylation is 1. The van der Waals surface area contributed by atoms with Crippen LogP contribution >= 0.6 is 0 Å². The maximum absolute atomic E-state index is 12.1. The summed E-state index contributed by atoms with van der Waals surface area (Å²) in [7, 11) is 1.60. The van der Waals surface area contributed by atoms with Gasteiger partial charge >= 0.3 is 5.69 Å². The number of amides is 1. The van der Waals surface area contributed by atoms with E-state index in [0.29, 0.717) is 0 Å². The molecule has 1 amide bonds. The molecule has 0 fully saturated rings. The average Bonchev–Trinajstić information content (AvgIpc) is 2.88. The van der Waals surface area contributed by atoms with Gasteiger partial charge in [-0.05, 0) is 19.4 Å². The zero-order chi connectivity index (χ0) is 17.0. The van der Waals surface area contributed by atoms with Crippen molar-refractivity contribution in [3.63, 3.8) is 0 Å². The van der Waals surface area contributed by atoms with E-state index < -0.39 is 4.92 Å². The Hall–Kier alpha value is -2.90. The number of nitro groups is 1. The molecular weight excluding hydrogens is 300 g/mol. The average molecular weight is 318 g/mol. The first-order valence-corrected chi connectivity index (χ1v) is 7.18. The van der Waals surface area contributed by atoms with Crippen LogP contribution in [-0.2, 0) is 7.05 Å². The molecule has 1 aromatic carbocycles. The number of carbonyl (C=O) groups is 1. The molecule has 0 aliphatic rings. The number of nitrogens with zero attached hydrogens (tertiary/aromatic N) is 3. The number of para-hydroxylation sites is 2. The fourth-order valence-electron chi connectivity index (χ4n) is 1.86. The van der Waals surface area contributed by atoms with Gasteiger partial charge in [-0.1, -0.05) is 19.1 Å². The van der Waals surface area contributed by atoms with Crippen molar-refractivity contribution in [1.29, 1.82) is 0 Å². The number of nitrogens with one attached hydrogen (secondary N) is 1. The number of rotatable bonds is 6. The second-order valence-electron chi connectivity index (χ2n) is 5.10. The van der Waals surface area contributed by atoms with Gasteiger partial charge in [0.1, 0.15) is 0 Å². The van der Waals surface area contributed by atoms with Gasteiger partial charge in [-0.3, -0.25) is 14.9 Å². The Balaban J connectivity index is 2.23. The monoisotopic (exact) mass is 318 g/mol. The summed E-state index contributed by atoms with van der Waals surface area (Å²) in [5, 5.41) is 17.9. The molecule has 1 heterocycles. The number of nitro benzene ring substituents is 1. The third-order valence-corrected chi connectivity index (χ3v) is 3.34. The first kappa shape index (κ1) is 16.5. The maximum atomic E-state index is 12.1. The number of hydrogen-bond donors (Lipinski definition) is 1. The van der Waals surface area contributed by atoms with E-state index in [-0.39, 0.29) is 35.0 Å². The Labute approximate surface area is 133 Å². The van der Waals surface area contributed by atoms with Crippen LogP contribution in [0.25, 0.3) is 0 Å². The second kappa shape index (κ2) is 6.91. The highest BCUT2D eigenvalue weighted by molar-refractivity contribution is 5.92. The molecule has 2 rings (SSSR count). The predicted octanol–water partition coefficient (Wildman–Crippen LogP) is 2.65. The fraction of sp³-hybridized carbons (Fsp3) is 0.333. The van der Waals surface area contributed by atoms with Crippen molar-refractivity contribution in [2.24, 2.45) is 7.05 Å². The lowest BCUT2D eigenvalue weighted by atomic mass is 10.2. The highest BCUT2D eigenvalue weighted by Crippen LogP contribution is 2.30. The first-order chi connectivity index (χ1) is 10.9. The molecule has 0 saturated carbocycles.